The molecule has 3 aromatic heterocycles. The largest absolute Gasteiger partial charge is 0.383 e. The highest BCUT2D eigenvalue weighted by atomic mass is 35.5. The number of pyridine rings is 2. The van der Waals surface area contributed by atoms with Gasteiger partial charge in [0.1, 0.15) is 18.1 Å². The Labute approximate surface area is 132 Å². The Kier molecular flexibility index (Phi) is 4.13. The number of aromatic nitrogens is 4. The lowest BCUT2D eigenvalue weighted by Gasteiger charge is -2.07. The molecule has 2 N–H and O–H groups in total. The molecule has 112 valence electrons. The molecule has 0 saturated carbocycles. The molecule has 6 nitrogen and oxygen atoms in total. The van der Waals surface area contributed by atoms with E-state index in [2.05, 4.69) is 19.9 Å². The van der Waals surface area contributed by atoms with Crippen molar-refractivity contribution in [2.45, 2.75) is 13.5 Å². The fourth-order valence-electron chi connectivity index (χ4n) is 2.04. The molecule has 0 aliphatic rings. The van der Waals surface area contributed by atoms with Crippen LogP contribution in [0.2, 0.25) is 5.02 Å². The van der Waals surface area contributed by atoms with E-state index >= 15 is 0 Å². The molecule has 0 saturated heterocycles. The topological polar surface area (TPSA) is 86.8 Å². The fraction of sp³-hybridized carbons (Fsp3) is 0.200. The zero-order chi connectivity index (χ0) is 15.5. The molecule has 0 atom stereocenters. The minimum Gasteiger partial charge on any atom is -0.383 e. The Morgan fingerprint density at radius 3 is 2.82 bits per heavy atom. The van der Waals surface area contributed by atoms with Crippen molar-refractivity contribution in [2.75, 3.05) is 12.3 Å². The van der Waals surface area contributed by atoms with Gasteiger partial charge in [-0.25, -0.2) is 15.0 Å². The second-order valence-electron chi connectivity index (χ2n) is 4.56. The molecule has 22 heavy (non-hydrogen) atoms. The van der Waals surface area contributed by atoms with E-state index in [1.54, 1.807) is 24.4 Å². The van der Waals surface area contributed by atoms with Crippen LogP contribution in [0.25, 0.3) is 22.4 Å². The minimum atomic E-state index is 0.299. The van der Waals surface area contributed by atoms with Gasteiger partial charge in [-0.15, -0.1) is 0 Å². The number of rotatable bonds is 4. The number of hydrogen-bond donors (Lipinski definition) is 1. The summed E-state index contributed by atoms with van der Waals surface area (Å²) in [6.07, 6.45) is 1.67. The summed E-state index contributed by atoms with van der Waals surface area (Å²) < 4.78 is 5.32. The first-order valence-electron chi connectivity index (χ1n) is 6.81. The van der Waals surface area contributed by atoms with Crippen molar-refractivity contribution in [1.82, 2.24) is 19.9 Å². The molecule has 3 aromatic rings. The van der Waals surface area contributed by atoms with Gasteiger partial charge in [0.05, 0.1) is 16.1 Å². The number of nitrogen functional groups attached to an aromatic ring is 1. The van der Waals surface area contributed by atoms with Gasteiger partial charge in [0, 0.05) is 12.8 Å². The zero-order valence-electron chi connectivity index (χ0n) is 12.0. The lowest BCUT2D eigenvalue weighted by Crippen LogP contribution is -2.04. The molecule has 0 bridgehead atoms. The molecule has 0 unspecified atom stereocenters. The number of nitrogens with zero attached hydrogens (tertiary/aromatic N) is 4. The van der Waals surface area contributed by atoms with Crippen molar-refractivity contribution in [2.24, 2.45) is 0 Å². The number of nitrogens with two attached hydrogens (primary N) is 1. The Morgan fingerprint density at radius 1 is 1.18 bits per heavy atom. The SMILES string of the molecule is CCOCc1nc(N)c2ccc(-c3ncccc3Cl)nc2n1. The number of hydrogen-bond acceptors (Lipinski definition) is 6. The van der Waals surface area contributed by atoms with Crippen LogP contribution in [0.3, 0.4) is 0 Å². The van der Waals surface area contributed by atoms with Crippen LogP contribution >= 0.6 is 11.6 Å². The Morgan fingerprint density at radius 2 is 2.05 bits per heavy atom. The van der Waals surface area contributed by atoms with Crippen LogP contribution in [-0.4, -0.2) is 26.5 Å². The molecule has 0 amide bonds. The van der Waals surface area contributed by atoms with E-state index in [1.165, 1.54) is 0 Å². The quantitative estimate of drug-likeness (QED) is 0.796. The van der Waals surface area contributed by atoms with Crippen molar-refractivity contribution in [3.63, 3.8) is 0 Å². The molecule has 0 aliphatic carbocycles. The second-order valence-corrected chi connectivity index (χ2v) is 4.97. The van der Waals surface area contributed by atoms with Gasteiger partial charge in [-0.2, -0.15) is 0 Å². The van der Waals surface area contributed by atoms with Gasteiger partial charge in [0.25, 0.3) is 0 Å². The van der Waals surface area contributed by atoms with Crippen LogP contribution in [-0.2, 0) is 11.3 Å². The molecule has 0 radical (unpaired) electrons. The molecular formula is C15H14ClN5O. The van der Waals surface area contributed by atoms with E-state index in [1.807, 2.05) is 13.0 Å². The predicted molar refractivity (Wildman–Crippen MR) is 85.3 cm³/mol. The molecule has 0 fully saturated rings. The summed E-state index contributed by atoms with van der Waals surface area (Å²) in [5.41, 5.74) is 7.70. The fourth-order valence-corrected chi connectivity index (χ4v) is 2.26. The lowest BCUT2D eigenvalue weighted by molar-refractivity contribution is 0.128. The van der Waals surface area contributed by atoms with Crippen LogP contribution in [0.4, 0.5) is 5.82 Å². The first-order valence-corrected chi connectivity index (χ1v) is 7.18. The molecule has 3 heterocycles. The Hall–Kier alpha value is -2.31. The maximum Gasteiger partial charge on any atom is 0.165 e. The second kappa shape index (κ2) is 6.21. The number of fused-ring (bicyclic) bond motifs is 1. The monoisotopic (exact) mass is 315 g/mol. The summed E-state index contributed by atoms with van der Waals surface area (Å²) in [6.45, 7) is 2.79. The number of anilines is 1. The number of ether oxygens (including phenoxy) is 1. The van der Waals surface area contributed by atoms with Crippen molar-refractivity contribution < 1.29 is 4.74 Å². The molecular weight excluding hydrogens is 302 g/mol. The first-order chi connectivity index (χ1) is 10.7. The van der Waals surface area contributed by atoms with Crippen molar-refractivity contribution in [1.29, 1.82) is 0 Å². The molecule has 0 spiro atoms. The average molecular weight is 316 g/mol. The van der Waals surface area contributed by atoms with E-state index in [4.69, 9.17) is 22.1 Å². The standard InChI is InChI=1S/C15H14ClN5O/c1-2-22-8-12-20-14(17)9-5-6-11(19-15(9)21-12)13-10(16)4-3-7-18-13/h3-7H,2,8H2,1H3,(H2,17,19,20,21). The summed E-state index contributed by atoms with van der Waals surface area (Å²) in [7, 11) is 0. The molecule has 7 heteroatoms. The van der Waals surface area contributed by atoms with Crippen LogP contribution in [0.1, 0.15) is 12.7 Å². The highest BCUT2D eigenvalue weighted by Gasteiger charge is 2.11. The summed E-state index contributed by atoms with van der Waals surface area (Å²) in [4.78, 5) is 17.4. The van der Waals surface area contributed by atoms with E-state index in [9.17, 15) is 0 Å². The van der Waals surface area contributed by atoms with Crippen molar-refractivity contribution in [3.8, 4) is 11.4 Å². The minimum absolute atomic E-state index is 0.299. The van der Waals surface area contributed by atoms with Crippen LogP contribution in [0, 0.1) is 0 Å². The van der Waals surface area contributed by atoms with Crippen LogP contribution in [0.15, 0.2) is 30.5 Å². The van der Waals surface area contributed by atoms with Gasteiger partial charge in [0.2, 0.25) is 0 Å². The van der Waals surface area contributed by atoms with Gasteiger partial charge in [-0.05, 0) is 31.2 Å². The number of halogens is 1. The van der Waals surface area contributed by atoms with E-state index < -0.39 is 0 Å². The maximum absolute atomic E-state index is 6.16. The normalized spacial score (nSPS) is 11.0. The summed E-state index contributed by atoms with van der Waals surface area (Å²) in [6, 6.07) is 7.17. The molecule has 0 aromatic carbocycles. The smallest absolute Gasteiger partial charge is 0.165 e. The van der Waals surface area contributed by atoms with E-state index in [0.29, 0.717) is 52.3 Å². The van der Waals surface area contributed by atoms with Crippen molar-refractivity contribution in [3.05, 3.63) is 41.3 Å². The zero-order valence-corrected chi connectivity index (χ0v) is 12.7. The third-order valence-corrected chi connectivity index (χ3v) is 3.38. The van der Waals surface area contributed by atoms with Gasteiger partial charge in [-0.1, -0.05) is 11.6 Å². The van der Waals surface area contributed by atoms with E-state index in [-0.39, 0.29) is 0 Å². The van der Waals surface area contributed by atoms with Gasteiger partial charge in [0.15, 0.2) is 11.5 Å². The van der Waals surface area contributed by atoms with Crippen molar-refractivity contribution >= 4 is 28.5 Å². The van der Waals surface area contributed by atoms with Gasteiger partial charge in [-0.3, -0.25) is 4.98 Å². The first kappa shape index (κ1) is 14.6. The highest BCUT2D eigenvalue weighted by Crippen LogP contribution is 2.26. The van der Waals surface area contributed by atoms with Crippen LogP contribution in [0.5, 0.6) is 0 Å². The predicted octanol–water partition coefficient (Wildman–Crippen LogP) is 2.86. The third kappa shape index (κ3) is 2.84. The Bertz CT molecular complexity index is 824. The van der Waals surface area contributed by atoms with E-state index in [0.717, 1.165) is 0 Å². The highest BCUT2D eigenvalue weighted by molar-refractivity contribution is 6.32. The summed E-state index contributed by atoms with van der Waals surface area (Å²) in [5.74, 6) is 0.884. The third-order valence-electron chi connectivity index (χ3n) is 3.07. The maximum atomic E-state index is 6.16. The van der Waals surface area contributed by atoms with Gasteiger partial charge < -0.3 is 10.5 Å². The lowest BCUT2D eigenvalue weighted by atomic mass is 10.2. The molecule has 0 aliphatic heterocycles. The summed E-state index contributed by atoms with van der Waals surface area (Å²) in [5, 5.41) is 1.22. The summed E-state index contributed by atoms with van der Waals surface area (Å²) >= 11 is 6.16. The molecule has 3 rings (SSSR count). The van der Waals surface area contributed by atoms with Gasteiger partial charge >= 0.3 is 0 Å². The Balaban J connectivity index is 2.10. The average Bonchev–Trinajstić information content (AvgIpc) is 2.53. The van der Waals surface area contributed by atoms with Crippen LogP contribution < -0.4 is 5.73 Å².